The molecule has 0 spiro atoms. The van der Waals surface area contributed by atoms with Crippen LogP contribution in [0.25, 0.3) is 0 Å². The fraction of sp³-hybridized carbons (Fsp3) is 0.455. The van der Waals surface area contributed by atoms with Gasteiger partial charge in [0.25, 0.3) is 0 Å². The molecule has 0 aliphatic carbocycles. The number of methoxy groups -OCH3 is 2. The Balaban J connectivity index is 3.42. The Morgan fingerprint density at radius 1 is 1.38 bits per heavy atom. The van der Waals surface area contributed by atoms with E-state index in [1.54, 1.807) is 19.1 Å². The van der Waals surface area contributed by atoms with Crippen molar-refractivity contribution in [3.63, 3.8) is 0 Å². The van der Waals surface area contributed by atoms with Crippen molar-refractivity contribution in [1.82, 2.24) is 0 Å². The summed E-state index contributed by atoms with van der Waals surface area (Å²) in [6, 6.07) is 3.30. The van der Waals surface area contributed by atoms with E-state index in [0.29, 0.717) is 22.1 Å². The summed E-state index contributed by atoms with van der Waals surface area (Å²) in [4.78, 5) is 0. The number of benzene rings is 1. The van der Waals surface area contributed by atoms with E-state index in [9.17, 15) is 5.11 Å². The minimum atomic E-state index is -0.927. The van der Waals surface area contributed by atoms with Crippen LogP contribution in [0.5, 0.6) is 11.5 Å². The number of nitrogens with two attached hydrogens (primary N) is 1. The highest BCUT2D eigenvalue weighted by atomic mass is 35.5. The Hall–Kier alpha value is -0.970. The van der Waals surface area contributed by atoms with E-state index in [1.807, 2.05) is 0 Å². The molecule has 0 amide bonds. The molecule has 4 nitrogen and oxygen atoms in total. The van der Waals surface area contributed by atoms with Crippen LogP contribution < -0.4 is 15.2 Å². The molecule has 1 aromatic rings. The molecule has 3 N–H and O–H groups in total. The molecular weight excluding hydrogens is 230 g/mol. The van der Waals surface area contributed by atoms with Crippen LogP contribution in [0, 0.1) is 0 Å². The molecule has 0 saturated carbocycles. The van der Waals surface area contributed by atoms with Crippen LogP contribution in [0.15, 0.2) is 12.1 Å². The van der Waals surface area contributed by atoms with E-state index in [2.05, 4.69) is 0 Å². The maximum Gasteiger partial charge on any atom is 0.165 e. The van der Waals surface area contributed by atoms with E-state index in [1.165, 1.54) is 14.2 Å². The number of hydrogen-bond donors (Lipinski definition) is 2. The second kappa shape index (κ2) is 4.91. The van der Waals surface area contributed by atoms with Crippen LogP contribution in [-0.2, 0) is 5.54 Å². The van der Waals surface area contributed by atoms with Gasteiger partial charge in [-0.3, -0.25) is 0 Å². The van der Waals surface area contributed by atoms with Crippen molar-refractivity contribution in [3.8, 4) is 11.5 Å². The largest absolute Gasteiger partial charge is 0.493 e. The lowest BCUT2D eigenvalue weighted by Crippen LogP contribution is -2.37. The molecule has 0 aliphatic heterocycles. The lowest BCUT2D eigenvalue weighted by molar-refractivity contribution is 0.205. The minimum absolute atomic E-state index is 0.215. The zero-order valence-corrected chi connectivity index (χ0v) is 10.3. The summed E-state index contributed by atoms with van der Waals surface area (Å²) >= 11 is 5.95. The highest BCUT2D eigenvalue weighted by Gasteiger charge is 2.27. The third kappa shape index (κ3) is 2.40. The van der Waals surface area contributed by atoms with Crippen molar-refractivity contribution < 1.29 is 14.6 Å². The lowest BCUT2D eigenvalue weighted by Gasteiger charge is -2.25. The monoisotopic (exact) mass is 245 g/mol. The molecule has 1 unspecified atom stereocenters. The van der Waals surface area contributed by atoms with Crippen LogP contribution >= 0.6 is 11.6 Å². The topological polar surface area (TPSA) is 64.7 Å². The molecule has 1 atom stereocenters. The first kappa shape index (κ1) is 13.1. The number of hydrogen-bond acceptors (Lipinski definition) is 4. The first-order valence-corrected chi connectivity index (χ1v) is 5.15. The van der Waals surface area contributed by atoms with Gasteiger partial charge in [0.15, 0.2) is 11.5 Å². The van der Waals surface area contributed by atoms with Gasteiger partial charge in [-0.15, -0.1) is 0 Å². The third-order valence-corrected chi connectivity index (χ3v) is 2.61. The molecule has 0 aliphatic rings. The van der Waals surface area contributed by atoms with Gasteiger partial charge in [0.1, 0.15) is 0 Å². The summed E-state index contributed by atoms with van der Waals surface area (Å²) in [6.07, 6.45) is 0. The van der Waals surface area contributed by atoms with E-state index >= 15 is 0 Å². The molecular formula is C11H16ClNO3. The lowest BCUT2D eigenvalue weighted by atomic mass is 9.93. The predicted octanol–water partition coefficient (Wildman–Crippen LogP) is 1.52. The first-order valence-electron chi connectivity index (χ1n) is 4.78. The van der Waals surface area contributed by atoms with Gasteiger partial charge >= 0.3 is 0 Å². The molecule has 0 radical (unpaired) electrons. The summed E-state index contributed by atoms with van der Waals surface area (Å²) in [6.45, 7) is 1.48. The van der Waals surface area contributed by atoms with Gasteiger partial charge in [0, 0.05) is 16.7 Å². The summed E-state index contributed by atoms with van der Waals surface area (Å²) < 4.78 is 10.4. The number of aliphatic hydroxyl groups excluding tert-OH is 1. The molecule has 0 heterocycles. The first-order chi connectivity index (χ1) is 7.46. The highest BCUT2D eigenvalue weighted by molar-refractivity contribution is 6.30. The Morgan fingerprint density at radius 3 is 2.44 bits per heavy atom. The Bertz CT molecular complexity index is 380. The highest BCUT2D eigenvalue weighted by Crippen LogP contribution is 2.38. The standard InChI is InChI=1S/C11H16ClNO3/c1-11(13,6-14)8-4-7(12)5-9(15-2)10(8)16-3/h4-5,14H,6,13H2,1-3H3. The van der Waals surface area contributed by atoms with Crippen molar-refractivity contribution in [2.45, 2.75) is 12.5 Å². The Labute approximate surface area is 99.9 Å². The Kier molecular flexibility index (Phi) is 4.02. The molecule has 1 rings (SSSR count). The van der Waals surface area contributed by atoms with Crippen LogP contribution in [0.1, 0.15) is 12.5 Å². The van der Waals surface area contributed by atoms with Crippen molar-refractivity contribution in [2.75, 3.05) is 20.8 Å². The fourth-order valence-corrected chi connectivity index (χ4v) is 1.65. The molecule has 0 bridgehead atoms. The maximum atomic E-state index is 9.26. The fourth-order valence-electron chi connectivity index (χ4n) is 1.44. The van der Waals surface area contributed by atoms with Gasteiger partial charge in [-0.25, -0.2) is 0 Å². The summed E-state index contributed by atoms with van der Waals surface area (Å²) in [5, 5.41) is 9.74. The van der Waals surface area contributed by atoms with Crippen LogP contribution in [0.4, 0.5) is 0 Å². The van der Waals surface area contributed by atoms with Crippen LogP contribution in [0.3, 0.4) is 0 Å². The smallest absolute Gasteiger partial charge is 0.165 e. The number of rotatable bonds is 4. The average Bonchev–Trinajstić information content (AvgIpc) is 2.27. The van der Waals surface area contributed by atoms with Crippen LogP contribution in [-0.4, -0.2) is 25.9 Å². The summed E-state index contributed by atoms with van der Waals surface area (Å²) in [7, 11) is 3.04. The predicted molar refractivity (Wildman–Crippen MR) is 63.2 cm³/mol. The number of aliphatic hydroxyl groups is 1. The minimum Gasteiger partial charge on any atom is -0.493 e. The van der Waals surface area contributed by atoms with E-state index < -0.39 is 5.54 Å². The van der Waals surface area contributed by atoms with Crippen molar-refractivity contribution >= 4 is 11.6 Å². The van der Waals surface area contributed by atoms with E-state index in [-0.39, 0.29) is 6.61 Å². The quantitative estimate of drug-likeness (QED) is 0.844. The second-order valence-corrected chi connectivity index (χ2v) is 4.20. The zero-order valence-electron chi connectivity index (χ0n) is 9.58. The number of ether oxygens (including phenoxy) is 2. The maximum absolute atomic E-state index is 9.26. The van der Waals surface area contributed by atoms with Crippen LogP contribution in [0.2, 0.25) is 5.02 Å². The molecule has 90 valence electrons. The van der Waals surface area contributed by atoms with Crippen molar-refractivity contribution in [1.29, 1.82) is 0 Å². The van der Waals surface area contributed by atoms with Gasteiger partial charge in [-0.1, -0.05) is 11.6 Å². The Morgan fingerprint density at radius 2 is 2.00 bits per heavy atom. The second-order valence-electron chi connectivity index (χ2n) is 3.76. The van der Waals surface area contributed by atoms with Gasteiger partial charge < -0.3 is 20.3 Å². The van der Waals surface area contributed by atoms with Gasteiger partial charge in [-0.2, -0.15) is 0 Å². The SMILES string of the molecule is COc1cc(Cl)cc(C(C)(N)CO)c1OC. The van der Waals surface area contributed by atoms with E-state index in [4.69, 9.17) is 26.8 Å². The van der Waals surface area contributed by atoms with Gasteiger partial charge in [0.05, 0.1) is 26.4 Å². The summed E-state index contributed by atoms with van der Waals surface area (Å²) in [5.41, 5.74) is 5.65. The van der Waals surface area contributed by atoms with Gasteiger partial charge in [-0.05, 0) is 13.0 Å². The van der Waals surface area contributed by atoms with E-state index in [0.717, 1.165) is 0 Å². The third-order valence-electron chi connectivity index (χ3n) is 2.39. The average molecular weight is 246 g/mol. The molecule has 0 fully saturated rings. The normalized spacial score (nSPS) is 14.4. The molecule has 0 aromatic heterocycles. The molecule has 16 heavy (non-hydrogen) atoms. The number of halogens is 1. The molecule has 5 heteroatoms. The van der Waals surface area contributed by atoms with Crippen molar-refractivity contribution in [2.24, 2.45) is 5.73 Å². The molecule has 1 aromatic carbocycles. The molecule has 0 saturated heterocycles. The van der Waals surface area contributed by atoms with Crippen molar-refractivity contribution in [3.05, 3.63) is 22.7 Å². The summed E-state index contributed by atoms with van der Waals surface area (Å²) in [5.74, 6) is 0.987. The van der Waals surface area contributed by atoms with Gasteiger partial charge in [0.2, 0.25) is 0 Å². The zero-order chi connectivity index (χ0) is 12.3.